The minimum absolute atomic E-state index is 0.458. The molecule has 1 aliphatic carbocycles. The van der Waals surface area contributed by atoms with E-state index in [2.05, 4.69) is 27.2 Å². The molecule has 1 saturated carbocycles. The van der Waals surface area contributed by atoms with Crippen LogP contribution in [0.15, 0.2) is 29.6 Å². The summed E-state index contributed by atoms with van der Waals surface area (Å²) in [7, 11) is 1.64. The Balaban J connectivity index is 1.77. The lowest BCUT2D eigenvalue weighted by atomic mass is 9.87. The van der Waals surface area contributed by atoms with Gasteiger partial charge in [0.25, 0.3) is 0 Å². The summed E-state index contributed by atoms with van der Waals surface area (Å²) in [5, 5.41) is 4.44. The molecule has 2 heterocycles. The van der Waals surface area contributed by atoms with Crippen molar-refractivity contribution >= 4 is 17.7 Å². The molecule has 24 heavy (non-hydrogen) atoms. The third kappa shape index (κ3) is 3.98. The number of rotatable bonds is 5. The molecule has 3 rings (SSSR count). The summed E-state index contributed by atoms with van der Waals surface area (Å²) in [6.45, 7) is 2.32. The van der Waals surface area contributed by atoms with Crippen molar-refractivity contribution < 1.29 is 4.74 Å². The third-order valence-electron chi connectivity index (χ3n) is 4.55. The number of thioether (sulfide) groups is 1. The minimum Gasteiger partial charge on any atom is -0.480 e. The lowest BCUT2D eigenvalue weighted by Crippen LogP contribution is -2.26. The second-order valence-electron chi connectivity index (χ2n) is 6.31. The van der Waals surface area contributed by atoms with E-state index in [4.69, 9.17) is 4.74 Å². The van der Waals surface area contributed by atoms with Gasteiger partial charge in [0.1, 0.15) is 0 Å². The van der Waals surface area contributed by atoms with Gasteiger partial charge in [0.15, 0.2) is 0 Å². The maximum absolute atomic E-state index is 5.48. The van der Waals surface area contributed by atoms with Gasteiger partial charge in [0.05, 0.1) is 17.7 Å². The lowest BCUT2D eigenvalue weighted by molar-refractivity contribution is 0.359. The monoisotopic (exact) mass is 344 g/mol. The van der Waals surface area contributed by atoms with E-state index < -0.39 is 0 Å². The number of nitrogens with one attached hydrogen (secondary N) is 1. The summed E-state index contributed by atoms with van der Waals surface area (Å²) in [6, 6.07) is 4.48. The van der Waals surface area contributed by atoms with E-state index in [9.17, 15) is 0 Å². The second-order valence-corrected chi connectivity index (χ2v) is 7.13. The van der Waals surface area contributed by atoms with Crippen LogP contribution in [0.5, 0.6) is 5.88 Å². The van der Waals surface area contributed by atoms with E-state index in [0.717, 1.165) is 22.1 Å². The van der Waals surface area contributed by atoms with Crippen molar-refractivity contribution in [1.29, 1.82) is 0 Å². The summed E-state index contributed by atoms with van der Waals surface area (Å²) >= 11 is 1.62. The molecule has 0 atom stereocenters. The highest BCUT2D eigenvalue weighted by molar-refractivity contribution is 7.98. The molecule has 1 fully saturated rings. The van der Waals surface area contributed by atoms with E-state index in [1.54, 1.807) is 18.9 Å². The zero-order chi connectivity index (χ0) is 16.9. The predicted molar refractivity (Wildman–Crippen MR) is 98.6 cm³/mol. The molecule has 5 nitrogen and oxygen atoms in total. The molecule has 2 aromatic rings. The van der Waals surface area contributed by atoms with Gasteiger partial charge in [-0.3, -0.25) is 0 Å². The third-order valence-corrected chi connectivity index (χ3v) is 5.21. The minimum atomic E-state index is 0.458. The van der Waals surface area contributed by atoms with Crippen LogP contribution >= 0.6 is 11.8 Å². The standard InChI is InChI=1S/C18H24N4OS/c1-12-4-7-14(8-5-12)21-18-20-11-15(17(22-18)23-2)13-6-9-16(24-3)19-10-13/h6,9-12,14H,4-5,7-8H2,1-3H3,(H,20,21,22)/t12-,14-. The van der Waals surface area contributed by atoms with Crippen molar-refractivity contribution in [1.82, 2.24) is 15.0 Å². The number of pyridine rings is 1. The van der Waals surface area contributed by atoms with Crippen LogP contribution < -0.4 is 10.1 Å². The molecule has 0 aromatic carbocycles. The Labute approximate surface area is 147 Å². The highest BCUT2D eigenvalue weighted by atomic mass is 32.2. The quantitative estimate of drug-likeness (QED) is 0.818. The molecule has 0 radical (unpaired) electrons. The topological polar surface area (TPSA) is 59.9 Å². The zero-order valence-electron chi connectivity index (χ0n) is 14.5. The van der Waals surface area contributed by atoms with Gasteiger partial charge < -0.3 is 10.1 Å². The Bertz CT molecular complexity index is 669. The molecule has 0 saturated heterocycles. The molecule has 1 aliphatic rings. The lowest BCUT2D eigenvalue weighted by Gasteiger charge is -2.27. The van der Waals surface area contributed by atoms with Gasteiger partial charge in [-0.25, -0.2) is 9.97 Å². The molecule has 0 amide bonds. The van der Waals surface area contributed by atoms with Gasteiger partial charge in [0, 0.05) is 24.0 Å². The van der Waals surface area contributed by atoms with Gasteiger partial charge in [-0.15, -0.1) is 11.8 Å². The number of anilines is 1. The summed E-state index contributed by atoms with van der Waals surface area (Å²) < 4.78 is 5.48. The number of aromatic nitrogens is 3. The van der Waals surface area contributed by atoms with Crippen LogP contribution in [0, 0.1) is 5.92 Å². The van der Waals surface area contributed by atoms with Crippen molar-refractivity contribution in [3.63, 3.8) is 0 Å². The second kappa shape index (κ2) is 7.83. The Kier molecular flexibility index (Phi) is 5.56. The van der Waals surface area contributed by atoms with Gasteiger partial charge in [0.2, 0.25) is 11.8 Å². The van der Waals surface area contributed by atoms with Gasteiger partial charge in [-0.2, -0.15) is 4.98 Å². The van der Waals surface area contributed by atoms with E-state index in [0.29, 0.717) is 17.9 Å². The SMILES string of the molecule is COc1nc(N[C@H]2CC[C@H](C)CC2)ncc1-c1ccc(SC)nc1. The number of hydrogen-bond acceptors (Lipinski definition) is 6. The maximum Gasteiger partial charge on any atom is 0.226 e. The van der Waals surface area contributed by atoms with Crippen LogP contribution in [-0.2, 0) is 0 Å². The Morgan fingerprint density at radius 2 is 1.92 bits per heavy atom. The van der Waals surface area contributed by atoms with Crippen LogP contribution in [0.4, 0.5) is 5.95 Å². The van der Waals surface area contributed by atoms with Crippen LogP contribution in [0.3, 0.4) is 0 Å². The Morgan fingerprint density at radius 1 is 1.12 bits per heavy atom. The Morgan fingerprint density at radius 3 is 2.54 bits per heavy atom. The van der Waals surface area contributed by atoms with E-state index in [-0.39, 0.29) is 0 Å². The molecule has 0 spiro atoms. The molecule has 128 valence electrons. The number of nitrogens with zero attached hydrogens (tertiary/aromatic N) is 3. The van der Waals surface area contributed by atoms with Crippen LogP contribution in [0.1, 0.15) is 32.6 Å². The predicted octanol–water partition coefficient (Wildman–Crippen LogP) is 4.26. The molecular weight excluding hydrogens is 320 g/mol. The van der Waals surface area contributed by atoms with Crippen molar-refractivity contribution in [3.8, 4) is 17.0 Å². The smallest absolute Gasteiger partial charge is 0.226 e. The van der Waals surface area contributed by atoms with Gasteiger partial charge >= 0.3 is 0 Å². The number of hydrogen-bond donors (Lipinski definition) is 1. The average Bonchev–Trinajstić information content (AvgIpc) is 2.63. The summed E-state index contributed by atoms with van der Waals surface area (Å²) in [6.07, 6.45) is 10.5. The van der Waals surface area contributed by atoms with Gasteiger partial charge in [-0.05, 0) is 50.0 Å². The summed E-state index contributed by atoms with van der Waals surface area (Å²) in [5.41, 5.74) is 1.82. The maximum atomic E-state index is 5.48. The molecular formula is C18H24N4OS. The fourth-order valence-electron chi connectivity index (χ4n) is 3.04. The first kappa shape index (κ1) is 17.0. The first-order chi connectivity index (χ1) is 11.7. The van der Waals surface area contributed by atoms with Crippen LogP contribution in [0.2, 0.25) is 0 Å². The summed E-state index contributed by atoms with van der Waals surface area (Å²) in [5.74, 6) is 2.05. The van der Waals surface area contributed by atoms with E-state index in [1.807, 2.05) is 30.8 Å². The largest absolute Gasteiger partial charge is 0.480 e. The van der Waals surface area contributed by atoms with E-state index in [1.165, 1.54) is 25.7 Å². The van der Waals surface area contributed by atoms with Crippen molar-refractivity contribution in [2.24, 2.45) is 5.92 Å². The molecule has 0 unspecified atom stereocenters. The fraction of sp³-hybridized carbons (Fsp3) is 0.500. The normalized spacial score (nSPS) is 20.6. The van der Waals surface area contributed by atoms with E-state index >= 15 is 0 Å². The molecule has 1 N–H and O–H groups in total. The molecule has 0 bridgehead atoms. The molecule has 6 heteroatoms. The molecule has 2 aromatic heterocycles. The van der Waals surface area contributed by atoms with Gasteiger partial charge in [-0.1, -0.05) is 6.92 Å². The highest BCUT2D eigenvalue weighted by Gasteiger charge is 2.19. The van der Waals surface area contributed by atoms with Crippen molar-refractivity contribution in [3.05, 3.63) is 24.5 Å². The first-order valence-electron chi connectivity index (χ1n) is 8.37. The van der Waals surface area contributed by atoms with Crippen molar-refractivity contribution in [2.75, 3.05) is 18.7 Å². The Hall–Kier alpha value is -1.82. The molecule has 0 aliphatic heterocycles. The first-order valence-corrected chi connectivity index (χ1v) is 9.60. The van der Waals surface area contributed by atoms with Crippen LogP contribution in [-0.4, -0.2) is 34.4 Å². The average molecular weight is 344 g/mol. The fourth-order valence-corrected chi connectivity index (χ4v) is 3.40. The van der Waals surface area contributed by atoms with Crippen molar-refractivity contribution in [2.45, 2.75) is 43.7 Å². The highest BCUT2D eigenvalue weighted by Crippen LogP contribution is 2.30. The number of methoxy groups -OCH3 is 1. The zero-order valence-corrected chi connectivity index (χ0v) is 15.3. The van der Waals surface area contributed by atoms with Crippen LogP contribution in [0.25, 0.3) is 11.1 Å². The summed E-state index contributed by atoms with van der Waals surface area (Å²) in [4.78, 5) is 13.4. The number of ether oxygens (including phenoxy) is 1.